The summed E-state index contributed by atoms with van der Waals surface area (Å²) < 4.78 is 15.0. The van der Waals surface area contributed by atoms with Gasteiger partial charge in [-0.15, -0.1) is 0 Å². The molecule has 0 fully saturated rings. The van der Waals surface area contributed by atoms with Crippen LogP contribution in [0.1, 0.15) is 22.5 Å². The van der Waals surface area contributed by atoms with Crippen LogP contribution in [0, 0.1) is 41.1 Å². The van der Waals surface area contributed by atoms with Crippen LogP contribution >= 0.6 is 0 Å². The Morgan fingerprint density at radius 1 is 1.19 bits per heavy atom. The van der Waals surface area contributed by atoms with Crippen LogP contribution in [0.5, 0.6) is 0 Å². The first kappa shape index (κ1) is 18.1. The molecular weight excluding hydrogens is 345 g/mol. The number of nitro groups is 1. The monoisotopic (exact) mass is 361 g/mol. The number of benzene rings is 2. The topological polar surface area (TPSA) is 71.9 Å². The van der Waals surface area contributed by atoms with Gasteiger partial charge in [0, 0.05) is 23.5 Å². The van der Waals surface area contributed by atoms with Crippen molar-refractivity contribution in [2.75, 3.05) is 0 Å². The highest BCUT2D eigenvalue weighted by molar-refractivity contribution is 5.90. The van der Waals surface area contributed by atoms with Crippen LogP contribution in [0.3, 0.4) is 0 Å². The highest BCUT2D eigenvalue weighted by Crippen LogP contribution is 2.27. The molecule has 0 bridgehead atoms. The summed E-state index contributed by atoms with van der Waals surface area (Å²) in [6, 6.07) is 16.2. The summed E-state index contributed by atoms with van der Waals surface area (Å²) in [5.74, 6) is -0.361. The van der Waals surface area contributed by atoms with Crippen LogP contribution in [-0.2, 0) is 0 Å². The Balaban J connectivity index is 2.08. The van der Waals surface area contributed by atoms with Crippen molar-refractivity contribution in [1.29, 1.82) is 5.26 Å². The standard InChI is InChI=1S/C21H16FN3O2/c1-14-10-17(11-18(13-23)16-6-8-19(22)9-7-16)15(2)24(14)20-4-3-5-21(12-20)25(26)27/h3-12H,1-2H3. The first-order chi connectivity index (χ1) is 12.9. The Kier molecular flexibility index (Phi) is 4.86. The number of aryl methyl sites for hydroxylation is 1. The van der Waals surface area contributed by atoms with Gasteiger partial charge in [-0.2, -0.15) is 5.26 Å². The highest BCUT2D eigenvalue weighted by Gasteiger charge is 2.13. The van der Waals surface area contributed by atoms with Gasteiger partial charge in [0.1, 0.15) is 5.82 Å². The molecule has 3 aromatic rings. The minimum absolute atomic E-state index is 0.0149. The molecule has 0 spiro atoms. The lowest BCUT2D eigenvalue weighted by Gasteiger charge is -2.09. The number of non-ortho nitro benzene ring substituents is 1. The van der Waals surface area contributed by atoms with Crippen LogP contribution in [0.4, 0.5) is 10.1 Å². The van der Waals surface area contributed by atoms with Crippen molar-refractivity contribution in [3.8, 4) is 11.8 Å². The van der Waals surface area contributed by atoms with Gasteiger partial charge in [-0.25, -0.2) is 4.39 Å². The van der Waals surface area contributed by atoms with Gasteiger partial charge in [-0.1, -0.05) is 18.2 Å². The SMILES string of the molecule is Cc1cc(C=C(C#N)c2ccc(F)cc2)c(C)n1-c1cccc([N+](=O)[O-])c1. The third-order valence-electron chi connectivity index (χ3n) is 4.34. The average molecular weight is 361 g/mol. The Hall–Kier alpha value is -3.72. The van der Waals surface area contributed by atoms with Gasteiger partial charge in [-0.05, 0) is 55.3 Å². The van der Waals surface area contributed by atoms with Crippen molar-refractivity contribution in [1.82, 2.24) is 4.57 Å². The van der Waals surface area contributed by atoms with Gasteiger partial charge >= 0.3 is 0 Å². The van der Waals surface area contributed by atoms with Crippen molar-refractivity contribution in [2.24, 2.45) is 0 Å². The molecule has 1 aromatic heterocycles. The first-order valence-corrected chi connectivity index (χ1v) is 8.22. The summed E-state index contributed by atoms with van der Waals surface area (Å²) >= 11 is 0. The third kappa shape index (κ3) is 3.62. The number of aromatic nitrogens is 1. The van der Waals surface area contributed by atoms with Crippen LogP contribution in [0.2, 0.25) is 0 Å². The second kappa shape index (κ2) is 7.26. The maximum Gasteiger partial charge on any atom is 0.271 e. The van der Waals surface area contributed by atoms with E-state index in [1.165, 1.54) is 24.3 Å². The number of rotatable bonds is 4. The molecule has 5 nitrogen and oxygen atoms in total. The van der Waals surface area contributed by atoms with Crippen molar-refractivity contribution in [2.45, 2.75) is 13.8 Å². The van der Waals surface area contributed by atoms with Crippen molar-refractivity contribution in [3.05, 3.63) is 93.0 Å². The number of nitriles is 1. The molecule has 2 aromatic carbocycles. The van der Waals surface area contributed by atoms with E-state index < -0.39 is 4.92 Å². The molecule has 0 aliphatic heterocycles. The van der Waals surface area contributed by atoms with Crippen molar-refractivity contribution >= 4 is 17.3 Å². The largest absolute Gasteiger partial charge is 0.318 e. The minimum atomic E-state index is -0.430. The maximum atomic E-state index is 13.1. The summed E-state index contributed by atoms with van der Waals surface area (Å²) in [5.41, 5.74) is 4.28. The predicted molar refractivity (Wildman–Crippen MR) is 102 cm³/mol. The van der Waals surface area contributed by atoms with E-state index in [2.05, 4.69) is 6.07 Å². The fourth-order valence-corrected chi connectivity index (χ4v) is 3.04. The maximum absolute atomic E-state index is 13.1. The fraction of sp³-hybridized carbons (Fsp3) is 0.0952. The first-order valence-electron chi connectivity index (χ1n) is 8.22. The van der Waals surface area contributed by atoms with Gasteiger partial charge in [0.05, 0.1) is 22.3 Å². The summed E-state index contributed by atoms with van der Waals surface area (Å²) in [6.07, 6.45) is 1.74. The predicted octanol–water partition coefficient (Wildman–Crippen LogP) is 5.21. The molecule has 134 valence electrons. The Bertz CT molecular complexity index is 1090. The third-order valence-corrected chi connectivity index (χ3v) is 4.34. The van der Waals surface area contributed by atoms with E-state index >= 15 is 0 Å². The number of nitro benzene ring substituents is 1. The zero-order valence-electron chi connectivity index (χ0n) is 14.8. The zero-order valence-corrected chi connectivity index (χ0v) is 14.8. The lowest BCUT2D eigenvalue weighted by molar-refractivity contribution is -0.384. The molecular formula is C21H16FN3O2. The van der Waals surface area contributed by atoms with E-state index in [9.17, 15) is 19.8 Å². The minimum Gasteiger partial charge on any atom is -0.318 e. The van der Waals surface area contributed by atoms with Gasteiger partial charge in [0.15, 0.2) is 0 Å². The van der Waals surface area contributed by atoms with Gasteiger partial charge in [0.2, 0.25) is 0 Å². The molecule has 0 aliphatic rings. The molecule has 0 N–H and O–H groups in total. The molecule has 0 radical (unpaired) electrons. The van der Waals surface area contributed by atoms with E-state index in [0.717, 1.165) is 17.0 Å². The van der Waals surface area contributed by atoms with E-state index in [-0.39, 0.29) is 11.5 Å². The molecule has 0 saturated heterocycles. The number of hydrogen-bond acceptors (Lipinski definition) is 3. The summed E-state index contributed by atoms with van der Waals surface area (Å²) in [6.45, 7) is 3.78. The quantitative estimate of drug-likeness (QED) is 0.364. The molecule has 0 saturated carbocycles. The molecule has 0 aliphatic carbocycles. The summed E-state index contributed by atoms with van der Waals surface area (Å²) in [5, 5.41) is 20.5. The molecule has 27 heavy (non-hydrogen) atoms. The molecule has 6 heteroatoms. The Morgan fingerprint density at radius 2 is 1.89 bits per heavy atom. The number of nitrogens with zero attached hydrogens (tertiary/aromatic N) is 3. The van der Waals surface area contributed by atoms with Crippen LogP contribution < -0.4 is 0 Å². The molecule has 3 rings (SSSR count). The van der Waals surface area contributed by atoms with Crippen molar-refractivity contribution < 1.29 is 9.31 Å². The number of halogens is 1. The summed E-state index contributed by atoms with van der Waals surface area (Å²) in [4.78, 5) is 10.6. The van der Waals surface area contributed by atoms with Crippen LogP contribution in [-0.4, -0.2) is 9.49 Å². The molecule has 0 unspecified atom stereocenters. The second-order valence-electron chi connectivity index (χ2n) is 6.12. The Morgan fingerprint density at radius 3 is 2.52 bits per heavy atom. The van der Waals surface area contributed by atoms with Crippen LogP contribution in [0.15, 0.2) is 54.6 Å². The van der Waals surface area contributed by atoms with Gasteiger partial charge < -0.3 is 4.57 Å². The lowest BCUT2D eigenvalue weighted by Crippen LogP contribution is -2.00. The van der Waals surface area contributed by atoms with E-state index in [4.69, 9.17) is 0 Å². The van der Waals surface area contributed by atoms with Crippen molar-refractivity contribution in [3.63, 3.8) is 0 Å². The fourth-order valence-electron chi connectivity index (χ4n) is 3.04. The number of hydrogen-bond donors (Lipinski definition) is 0. The van der Waals surface area contributed by atoms with E-state index in [1.807, 2.05) is 24.5 Å². The van der Waals surface area contributed by atoms with E-state index in [1.54, 1.807) is 30.3 Å². The lowest BCUT2D eigenvalue weighted by atomic mass is 10.0. The van der Waals surface area contributed by atoms with Gasteiger partial charge in [-0.3, -0.25) is 10.1 Å². The molecule has 0 amide bonds. The molecule has 1 heterocycles. The van der Waals surface area contributed by atoms with Gasteiger partial charge in [0.25, 0.3) is 5.69 Å². The average Bonchev–Trinajstić information content (AvgIpc) is 2.94. The Labute approximate surface area is 155 Å². The highest BCUT2D eigenvalue weighted by atomic mass is 19.1. The van der Waals surface area contributed by atoms with Crippen LogP contribution in [0.25, 0.3) is 17.3 Å². The number of allylic oxidation sites excluding steroid dienone is 1. The normalized spacial score (nSPS) is 11.3. The molecule has 0 atom stereocenters. The van der Waals surface area contributed by atoms with E-state index in [0.29, 0.717) is 16.8 Å². The summed E-state index contributed by atoms with van der Waals surface area (Å²) in [7, 11) is 0. The smallest absolute Gasteiger partial charge is 0.271 e. The second-order valence-corrected chi connectivity index (χ2v) is 6.12. The zero-order chi connectivity index (χ0) is 19.6.